The van der Waals surface area contributed by atoms with Crippen molar-refractivity contribution in [3.8, 4) is 0 Å². The molecule has 0 atom stereocenters. The zero-order valence-electron chi connectivity index (χ0n) is 12.3. The van der Waals surface area contributed by atoms with Gasteiger partial charge in [-0.05, 0) is 48.6 Å². The Morgan fingerprint density at radius 1 is 1.35 bits per heavy atom. The van der Waals surface area contributed by atoms with Crippen molar-refractivity contribution in [2.75, 3.05) is 5.73 Å². The number of hydrogen-bond donors (Lipinski definition) is 1. The molecule has 0 saturated carbocycles. The molecular weight excluding hydrogens is 254 g/mol. The van der Waals surface area contributed by atoms with Gasteiger partial charge in [-0.25, -0.2) is 9.62 Å². The Hall–Kier alpha value is -2.24. The summed E-state index contributed by atoms with van der Waals surface area (Å²) < 4.78 is 4.61. The molecule has 0 aromatic carbocycles. The topological polar surface area (TPSA) is 90.2 Å². The van der Waals surface area contributed by atoms with E-state index in [1.807, 2.05) is 20.0 Å². The van der Waals surface area contributed by atoms with Crippen LogP contribution in [-0.4, -0.2) is 21.0 Å². The van der Waals surface area contributed by atoms with Crippen molar-refractivity contribution in [1.29, 1.82) is 0 Å². The highest BCUT2D eigenvalue weighted by Gasteiger charge is 2.13. The van der Waals surface area contributed by atoms with Crippen LogP contribution in [0.5, 0.6) is 0 Å². The molecule has 6 heteroatoms. The quantitative estimate of drug-likeness (QED) is 0.865. The predicted octanol–water partition coefficient (Wildman–Crippen LogP) is 2.76. The van der Waals surface area contributed by atoms with E-state index >= 15 is 0 Å². The van der Waals surface area contributed by atoms with Crippen LogP contribution < -0.4 is 5.73 Å². The molecule has 2 N–H and O–H groups in total. The van der Waals surface area contributed by atoms with E-state index in [0.717, 1.165) is 29.8 Å². The summed E-state index contributed by atoms with van der Waals surface area (Å²) in [4.78, 5) is 9.03. The number of nitrogen functional groups attached to an aromatic ring is 1. The van der Waals surface area contributed by atoms with E-state index in [4.69, 9.17) is 5.73 Å². The van der Waals surface area contributed by atoms with Gasteiger partial charge in [0.05, 0.1) is 17.1 Å². The summed E-state index contributed by atoms with van der Waals surface area (Å²) in [7, 11) is 0. The maximum atomic E-state index is 5.70. The molecule has 2 heterocycles. The highest BCUT2D eigenvalue weighted by atomic mass is 16.6. The van der Waals surface area contributed by atoms with E-state index in [0.29, 0.717) is 11.4 Å². The summed E-state index contributed by atoms with van der Waals surface area (Å²) in [5.41, 5.74) is 11.0. The van der Waals surface area contributed by atoms with Crippen LogP contribution in [0.4, 0.5) is 11.5 Å². The molecule has 0 aliphatic heterocycles. The lowest BCUT2D eigenvalue weighted by atomic mass is 10.0. The zero-order valence-corrected chi connectivity index (χ0v) is 12.3. The number of rotatable bonds is 4. The molecule has 0 unspecified atom stereocenters. The van der Waals surface area contributed by atoms with Gasteiger partial charge in [-0.1, -0.05) is 13.3 Å². The Bertz CT molecular complexity index is 645. The number of nitrogens with zero attached hydrogens (tertiary/aromatic N) is 4. The maximum Gasteiger partial charge on any atom is 0.197 e. The maximum absolute atomic E-state index is 5.70. The Balaban J connectivity index is 2.52. The SMILES string of the molecule is CCCc1c(C)cnc(C)c1N=C(C)c1nonc1N. The Morgan fingerprint density at radius 2 is 2.10 bits per heavy atom. The van der Waals surface area contributed by atoms with Crippen LogP contribution in [0, 0.1) is 13.8 Å². The van der Waals surface area contributed by atoms with Crippen LogP contribution in [0.25, 0.3) is 0 Å². The molecule has 2 aromatic heterocycles. The van der Waals surface area contributed by atoms with E-state index in [1.165, 1.54) is 5.56 Å². The van der Waals surface area contributed by atoms with Gasteiger partial charge in [-0.2, -0.15) is 0 Å². The van der Waals surface area contributed by atoms with Crippen LogP contribution in [0.1, 0.15) is 42.8 Å². The highest BCUT2D eigenvalue weighted by molar-refractivity contribution is 6.02. The van der Waals surface area contributed by atoms with Gasteiger partial charge in [0.15, 0.2) is 11.5 Å². The van der Waals surface area contributed by atoms with Crippen LogP contribution in [0.2, 0.25) is 0 Å². The van der Waals surface area contributed by atoms with Gasteiger partial charge in [-0.15, -0.1) is 0 Å². The average Bonchev–Trinajstić information content (AvgIpc) is 2.84. The molecule has 0 aliphatic rings. The van der Waals surface area contributed by atoms with Gasteiger partial charge in [-0.3, -0.25) is 4.98 Å². The predicted molar refractivity (Wildman–Crippen MR) is 78.3 cm³/mol. The van der Waals surface area contributed by atoms with Crippen molar-refractivity contribution in [3.63, 3.8) is 0 Å². The van der Waals surface area contributed by atoms with Gasteiger partial charge in [0.25, 0.3) is 0 Å². The van der Waals surface area contributed by atoms with Crippen LogP contribution in [0.15, 0.2) is 15.8 Å². The first-order valence-electron chi connectivity index (χ1n) is 6.63. The molecule has 0 aliphatic carbocycles. The molecule has 0 saturated heterocycles. The molecule has 2 aromatic rings. The van der Waals surface area contributed by atoms with Crippen molar-refractivity contribution in [3.05, 3.63) is 28.7 Å². The van der Waals surface area contributed by atoms with Gasteiger partial charge in [0.2, 0.25) is 0 Å². The van der Waals surface area contributed by atoms with Gasteiger partial charge < -0.3 is 5.73 Å². The number of hydrogen-bond acceptors (Lipinski definition) is 6. The summed E-state index contributed by atoms with van der Waals surface area (Å²) in [6.07, 6.45) is 3.91. The third-order valence-corrected chi connectivity index (χ3v) is 3.19. The zero-order chi connectivity index (χ0) is 14.7. The second kappa shape index (κ2) is 5.81. The minimum Gasteiger partial charge on any atom is -0.379 e. The molecular formula is C14H19N5O. The number of aliphatic imine (C=N–C) groups is 1. The molecule has 0 radical (unpaired) electrons. The van der Waals surface area contributed by atoms with Crippen molar-refractivity contribution in [2.24, 2.45) is 4.99 Å². The fourth-order valence-electron chi connectivity index (χ4n) is 2.12. The van der Waals surface area contributed by atoms with Crippen molar-refractivity contribution >= 4 is 17.2 Å². The molecule has 6 nitrogen and oxygen atoms in total. The number of nitrogens with two attached hydrogens (primary N) is 1. The summed E-state index contributed by atoms with van der Waals surface area (Å²) in [6.45, 7) is 8.00. The molecule has 0 fully saturated rings. The van der Waals surface area contributed by atoms with E-state index in [1.54, 1.807) is 0 Å². The second-order valence-corrected chi connectivity index (χ2v) is 4.80. The molecule has 0 spiro atoms. The fraction of sp³-hybridized carbons (Fsp3) is 0.429. The summed E-state index contributed by atoms with van der Waals surface area (Å²) >= 11 is 0. The Morgan fingerprint density at radius 3 is 2.70 bits per heavy atom. The summed E-state index contributed by atoms with van der Waals surface area (Å²) in [5, 5.41) is 7.35. The van der Waals surface area contributed by atoms with Crippen LogP contribution >= 0.6 is 0 Å². The monoisotopic (exact) mass is 273 g/mol. The van der Waals surface area contributed by atoms with Crippen LogP contribution in [0.3, 0.4) is 0 Å². The molecule has 0 amide bonds. The lowest BCUT2D eigenvalue weighted by molar-refractivity contribution is 0.308. The third-order valence-electron chi connectivity index (χ3n) is 3.19. The molecule has 2 rings (SSSR count). The minimum absolute atomic E-state index is 0.251. The second-order valence-electron chi connectivity index (χ2n) is 4.80. The van der Waals surface area contributed by atoms with E-state index in [2.05, 4.69) is 38.8 Å². The largest absolute Gasteiger partial charge is 0.379 e. The van der Waals surface area contributed by atoms with E-state index in [9.17, 15) is 0 Å². The highest BCUT2D eigenvalue weighted by Crippen LogP contribution is 2.27. The standard InChI is InChI=1S/C14H19N5O/c1-5-6-11-8(2)7-16-9(3)12(11)17-10(4)13-14(15)19-20-18-13/h7H,5-6H2,1-4H3,(H2,15,19). The normalized spacial score (nSPS) is 11.9. The van der Waals surface area contributed by atoms with Crippen LogP contribution in [-0.2, 0) is 6.42 Å². The van der Waals surface area contributed by atoms with E-state index < -0.39 is 0 Å². The first kappa shape index (κ1) is 14.2. The van der Waals surface area contributed by atoms with Gasteiger partial charge in [0.1, 0.15) is 0 Å². The lowest BCUT2D eigenvalue weighted by Gasteiger charge is -2.11. The summed E-state index contributed by atoms with van der Waals surface area (Å²) in [6, 6.07) is 0. The molecule has 0 bridgehead atoms. The number of aryl methyl sites for hydroxylation is 2. The summed E-state index contributed by atoms with van der Waals surface area (Å²) in [5.74, 6) is 0.251. The fourth-order valence-corrected chi connectivity index (χ4v) is 2.12. The number of anilines is 1. The minimum atomic E-state index is 0.251. The van der Waals surface area contributed by atoms with Gasteiger partial charge in [0, 0.05) is 6.20 Å². The molecule has 106 valence electrons. The average molecular weight is 273 g/mol. The van der Waals surface area contributed by atoms with Gasteiger partial charge >= 0.3 is 0 Å². The molecule has 20 heavy (non-hydrogen) atoms. The number of aromatic nitrogens is 3. The Kier molecular flexibility index (Phi) is 4.12. The van der Waals surface area contributed by atoms with Crippen molar-refractivity contribution in [2.45, 2.75) is 40.5 Å². The Labute approximate surface area is 118 Å². The van der Waals surface area contributed by atoms with Crippen molar-refractivity contribution in [1.82, 2.24) is 15.3 Å². The third kappa shape index (κ3) is 2.68. The van der Waals surface area contributed by atoms with Crippen molar-refractivity contribution < 1.29 is 4.63 Å². The first-order valence-corrected chi connectivity index (χ1v) is 6.63. The van der Waals surface area contributed by atoms with E-state index in [-0.39, 0.29) is 5.82 Å². The smallest absolute Gasteiger partial charge is 0.197 e. The number of pyridine rings is 1. The first-order chi connectivity index (χ1) is 9.54. The lowest BCUT2D eigenvalue weighted by Crippen LogP contribution is -2.02.